The molecule has 2 rings (SSSR count). The Morgan fingerprint density at radius 2 is 1.64 bits per heavy atom. The molecule has 0 N–H and O–H groups in total. The zero-order valence-corrected chi connectivity index (χ0v) is 12.7. The number of non-ortho nitro benzene ring substituents is 1. The van der Waals surface area contributed by atoms with Gasteiger partial charge in [-0.2, -0.15) is 13.2 Å². The van der Waals surface area contributed by atoms with Gasteiger partial charge in [0.25, 0.3) is 5.69 Å². The van der Waals surface area contributed by atoms with E-state index in [9.17, 15) is 23.3 Å². The maximum absolute atomic E-state index is 12.9. The zero-order valence-electron chi connectivity index (χ0n) is 10.4. The van der Waals surface area contributed by atoms with Crippen LogP contribution >= 0.6 is 34.8 Å². The summed E-state index contributed by atoms with van der Waals surface area (Å²) in [6.07, 6.45) is -4.74. The lowest BCUT2D eigenvalue weighted by molar-refractivity contribution is -0.385. The number of nitro benzene ring substituents is 1. The molecule has 0 amide bonds. The van der Waals surface area contributed by atoms with Crippen molar-refractivity contribution in [2.45, 2.75) is 6.18 Å². The van der Waals surface area contributed by atoms with Crippen LogP contribution in [0, 0.1) is 10.1 Å². The molecule has 9 heteroatoms. The second kappa shape index (κ2) is 5.95. The van der Waals surface area contributed by atoms with Crippen molar-refractivity contribution in [3.05, 3.63) is 61.1 Å². The van der Waals surface area contributed by atoms with E-state index in [-0.39, 0.29) is 26.2 Å². The van der Waals surface area contributed by atoms with Crippen LogP contribution in [0.4, 0.5) is 18.9 Å². The normalized spacial score (nSPS) is 11.5. The third kappa shape index (κ3) is 3.45. The van der Waals surface area contributed by atoms with Gasteiger partial charge in [0, 0.05) is 22.7 Å². The van der Waals surface area contributed by atoms with Gasteiger partial charge in [0.1, 0.15) is 0 Å². The molecule has 0 radical (unpaired) electrons. The smallest absolute Gasteiger partial charge is 0.258 e. The van der Waals surface area contributed by atoms with E-state index in [4.69, 9.17) is 34.8 Å². The van der Waals surface area contributed by atoms with E-state index in [1.54, 1.807) is 0 Å². The molecule has 22 heavy (non-hydrogen) atoms. The van der Waals surface area contributed by atoms with E-state index < -0.39 is 22.4 Å². The maximum Gasteiger partial charge on any atom is 0.416 e. The summed E-state index contributed by atoms with van der Waals surface area (Å²) in [5, 5.41) is 11.0. The molecular weight excluding hydrogens is 366 g/mol. The molecule has 0 unspecified atom stereocenters. The summed E-state index contributed by atoms with van der Waals surface area (Å²) in [6, 6.07) is 4.78. The number of hydrogen-bond acceptors (Lipinski definition) is 2. The highest BCUT2D eigenvalue weighted by atomic mass is 35.5. The Morgan fingerprint density at radius 1 is 1.00 bits per heavy atom. The first kappa shape index (κ1) is 16.9. The Morgan fingerprint density at radius 3 is 2.18 bits per heavy atom. The first-order valence-electron chi connectivity index (χ1n) is 5.61. The Balaban J connectivity index is 2.75. The van der Waals surface area contributed by atoms with Gasteiger partial charge in [-0.05, 0) is 23.8 Å². The number of alkyl halides is 3. The van der Waals surface area contributed by atoms with Gasteiger partial charge in [-0.1, -0.05) is 34.8 Å². The fraction of sp³-hybridized carbons (Fsp3) is 0.0769. The summed E-state index contributed by atoms with van der Waals surface area (Å²) in [5.74, 6) is 0. The second-order valence-electron chi connectivity index (χ2n) is 4.27. The first-order valence-corrected chi connectivity index (χ1v) is 6.74. The lowest BCUT2D eigenvalue weighted by Crippen LogP contribution is -2.06. The lowest BCUT2D eigenvalue weighted by atomic mass is 10.0. The van der Waals surface area contributed by atoms with Crippen LogP contribution in [0.3, 0.4) is 0 Å². The van der Waals surface area contributed by atoms with Crippen LogP contribution in [0.15, 0.2) is 30.3 Å². The van der Waals surface area contributed by atoms with E-state index in [2.05, 4.69) is 0 Å². The van der Waals surface area contributed by atoms with Crippen LogP contribution in [0.1, 0.15) is 5.56 Å². The van der Waals surface area contributed by atoms with E-state index >= 15 is 0 Å². The Hall–Kier alpha value is -1.50. The predicted molar refractivity (Wildman–Crippen MR) is 78.6 cm³/mol. The molecule has 3 nitrogen and oxygen atoms in total. The number of hydrogen-bond donors (Lipinski definition) is 0. The molecule has 0 spiro atoms. The van der Waals surface area contributed by atoms with Crippen LogP contribution in [0.5, 0.6) is 0 Å². The van der Waals surface area contributed by atoms with Crippen molar-refractivity contribution in [2.75, 3.05) is 0 Å². The number of benzene rings is 2. The monoisotopic (exact) mass is 369 g/mol. The summed E-state index contributed by atoms with van der Waals surface area (Å²) < 4.78 is 38.6. The molecule has 0 aliphatic heterocycles. The summed E-state index contributed by atoms with van der Waals surface area (Å²) in [5.41, 5.74) is -1.90. The molecule has 0 saturated heterocycles. The minimum Gasteiger partial charge on any atom is -0.258 e. The largest absolute Gasteiger partial charge is 0.416 e. The zero-order chi connectivity index (χ0) is 16.7. The van der Waals surface area contributed by atoms with E-state index in [1.165, 1.54) is 12.1 Å². The standard InChI is InChI=1S/C13H5Cl3F3NO2/c14-8-4-10(12(16)11(15)5-8)6-1-7(13(17,18)19)3-9(2-6)20(21)22/h1-5H. The minimum atomic E-state index is -4.74. The van der Waals surface area contributed by atoms with Gasteiger partial charge in [0.2, 0.25) is 0 Å². The Bertz CT molecular complexity index is 763. The molecule has 2 aromatic carbocycles. The number of nitro groups is 1. The molecule has 0 saturated carbocycles. The van der Waals surface area contributed by atoms with Crippen LogP contribution in [0.2, 0.25) is 15.1 Å². The van der Waals surface area contributed by atoms with Gasteiger partial charge >= 0.3 is 6.18 Å². The van der Waals surface area contributed by atoms with Crippen LogP contribution in [0.25, 0.3) is 11.1 Å². The number of nitrogens with zero attached hydrogens (tertiary/aromatic N) is 1. The second-order valence-corrected chi connectivity index (χ2v) is 5.49. The van der Waals surface area contributed by atoms with Gasteiger partial charge < -0.3 is 0 Å². The van der Waals surface area contributed by atoms with Crippen molar-refractivity contribution >= 4 is 40.5 Å². The SMILES string of the molecule is O=[N+]([O-])c1cc(-c2cc(Cl)cc(Cl)c2Cl)cc(C(F)(F)F)c1. The summed E-state index contributed by atoms with van der Waals surface area (Å²) >= 11 is 17.6. The molecule has 2 aromatic rings. The average Bonchev–Trinajstić information content (AvgIpc) is 2.41. The van der Waals surface area contributed by atoms with Crippen LogP contribution in [-0.4, -0.2) is 4.92 Å². The van der Waals surface area contributed by atoms with Gasteiger partial charge in [0.05, 0.1) is 20.5 Å². The summed E-state index contributed by atoms with van der Waals surface area (Å²) in [7, 11) is 0. The van der Waals surface area contributed by atoms with E-state index in [0.29, 0.717) is 6.07 Å². The fourth-order valence-electron chi connectivity index (χ4n) is 1.80. The molecule has 0 bridgehead atoms. The highest BCUT2D eigenvalue weighted by molar-refractivity contribution is 6.45. The average molecular weight is 371 g/mol. The summed E-state index contributed by atoms with van der Waals surface area (Å²) in [6.45, 7) is 0. The summed E-state index contributed by atoms with van der Waals surface area (Å²) in [4.78, 5) is 9.92. The molecule has 0 aliphatic carbocycles. The Kier molecular flexibility index (Phi) is 4.56. The van der Waals surface area contributed by atoms with Gasteiger partial charge in [-0.25, -0.2) is 0 Å². The van der Waals surface area contributed by atoms with Crippen molar-refractivity contribution in [3.63, 3.8) is 0 Å². The molecule has 0 fully saturated rings. The maximum atomic E-state index is 12.9. The van der Waals surface area contributed by atoms with Crippen molar-refractivity contribution in [1.29, 1.82) is 0 Å². The van der Waals surface area contributed by atoms with Crippen molar-refractivity contribution in [3.8, 4) is 11.1 Å². The minimum absolute atomic E-state index is 0.0317. The predicted octanol–water partition coefficient (Wildman–Crippen LogP) is 6.24. The molecule has 0 atom stereocenters. The third-order valence-electron chi connectivity index (χ3n) is 2.76. The lowest BCUT2D eigenvalue weighted by Gasteiger charge is -2.11. The van der Waals surface area contributed by atoms with Crippen LogP contribution in [-0.2, 0) is 6.18 Å². The van der Waals surface area contributed by atoms with Crippen LogP contribution < -0.4 is 0 Å². The fourth-order valence-corrected chi connectivity index (χ4v) is 2.51. The van der Waals surface area contributed by atoms with Gasteiger partial charge in [-0.3, -0.25) is 10.1 Å². The highest BCUT2D eigenvalue weighted by Gasteiger charge is 2.33. The van der Waals surface area contributed by atoms with Gasteiger partial charge in [0.15, 0.2) is 0 Å². The molecule has 0 heterocycles. The first-order chi connectivity index (χ1) is 10.1. The quantitative estimate of drug-likeness (QED) is 0.357. The molecule has 0 aromatic heterocycles. The highest BCUT2D eigenvalue weighted by Crippen LogP contribution is 2.40. The van der Waals surface area contributed by atoms with E-state index in [0.717, 1.165) is 12.1 Å². The molecular formula is C13H5Cl3F3NO2. The molecule has 0 aliphatic rings. The van der Waals surface area contributed by atoms with Gasteiger partial charge in [-0.15, -0.1) is 0 Å². The molecule has 116 valence electrons. The Labute approximate surface area is 137 Å². The van der Waals surface area contributed by atoms with E-state index in [1.807, 2.05) is 0 Å². The van der Waals surface area contributed by atoms with Crippen molar-refractivity contribution in [2.24, 2.45) is 0 Å². The topological polar surface area (TPSA) is 43.1 Å². The number of halogens is 6. The van der Waals surface area contributed by atoms with Crippen molar-refractivity contribution < 1.29 is 18.1 Å². The third-order valence-corrected chi connectivity index (χ3v) is 3.78. The van der Waals surface area contributed by atoms with Crippen molar-refractivity contribution in [1.82, 2.24) is 0 Å². The number of rotatable bonds is 2.